The molecule has 0 aliphatic carbocycles. The van der Waals surface area contributed by atoms with Gasteiger partial charge in [-0.1, -0.05) is 36.8 Å². The van der Waals surface area contributed by atoms with Gasteiger partial charge in [-0.05, 0) is 72.9 Å². The van der Waals surface area contributed by atoms with Crippen LogP contribution in [-0.4, -0.2) is 40.1 Å². The maximum absolute atomic E-state index is 13.5. The molecule has 3 aromatic carbocycles. The second-order valence-electron chi connectivity index (χ2n) is 9.15. The minimum Gasteiger partial charge on any atom is -0.493 e. The molecule has 2 unspecified atom stereocenters. The average Bonchev–Trinajstić information content (AvgIpc) is 2.88. The molecule has 1 N–H and O–H groups in total. The Morgan fingerprint density at radius 1 is 1.03 bits per heavy atom. The highest BCUT2D eigenvalue weighted by atomic mass is 32.2. The van der Waals surface area contributed by atoms with Crippen molar-refractivity contribution in [1.29, 1.82) is 0 Å². The van der Waals surface area contributed by atoms with Gasteiger partial charge in [0.05, 0.1) is 25.2 Å². The van der Waals surface area contributed by atoms with E-state index in [1.165, 1.54) is 12.1 Å². The highest BCUT2D eigenvalue weighted by Gasteiger charge is 2.36. The minimum atomic E-state index is -3.75. The fourth-order valence-corrected chi connectivity index (χ4v) is 6.18. The molecule has 0 saturated heterocycles. The summed E-state index contributed by atoms with van der Waals surface area (Å²) in [6.07, 6.45) is 1.35. The van der Waals surface area contributed by atoms with Gasteiger partial charge in [-0.25, -0.2) is 17.5 Å². The molecular weight excluding hydrogens is 479 g/mol. The van der Waals surface area contributed by atoms with Gasteiger partial charge in [0.15, 0.2) is 11.5 Å². The molecule has 6 nitrogen and oxygen atoms in total. The van der Waals surface area contributed by atoms with Gasteiger partial charge in [0, 0.05) is 19.1 Å². The maximum atomic E-state index is 13.5. The molecule has 0 fully saturated rings. The number of aryl methyl sites for hydroxylation is 1. The number of ether oxygens (including phenoxy) is 2. The SMILES string of the molecule is CCC(NS(=O)(=O)c1ccc(C)cc1)C1c2cc(OC)c(OC)cc2CCN1Cc1ccc(F)cc1. The Kier molecular flexibility index (Phi) is 7.97. The zero-order valence-electron chi connectivity index (χ0n) is 21.1. The molecule has 4 rings (SSSR count). The van der Waals surface area contributed by atoms with Gasteiger partial charge in [0.25, 0.3) is 0 Å². The van der Waals surface area contributed by atoms with Crippen LogP contribution in [0.3, 0.4) is 0 Å². The van der Waals surface area contributed by atoms with Crippen molar-refractivity contribution >= 4 is 10.0 Å². The third kappa shape index (κ3) is 5.56. The van der Waals surface area contributed by atoms with E-state index in [1.54, 1.807) is 50.6 Å². The van der Waals surface area contributed by atoms with Crippen LogP contribution < -0.4 is 14.2 Å². The average molecular weight is 513 g/mol. The lowest BCUT2D eigenvalue weighted by Gasteiger charge is -2.42. The molecule has 0 aromatic heterocycles. The van der Waals surface area contributed by atoms with Gasteiger partial charge >= 0.3 is 0 Å². The quantitative estimate of drug-likeness (QED) is 0.437. The van der Waals surface area contributed by atoms with Gasteiger partial charge in [-0.3, -0.25) is 4.90 Å². The Balaban J connectivity index is 1.75. The second-order valence-corrected chi connectivity index (χ2v) is 10.9. The number of methoxy groups -OCH3 is 2. The van der Waals surface area contributed by atoms with Crippen LogP contribution in [0.15, 0.2) is 65.6 Å². The maximum Gasteiger partial charge on any atom is 0.240 e. The van der Waals surface area contributed by atoms with Gasteiger partial charge < -0.3 is 9.47 Å². The molecule has 1 aliphatic heterocycles. The normalized spacial score (nSPS) is 16.9. The van der Waals surface area contributed by atoms with Crippen molar-refractivity contribution in [3.8, 4) is 11.5 Å². The molecule has 3 aromatic rings. The zero-order chi connectivity index (χ0) is 25.9. The molecule has 192 valence electrons. The van der Waals surface area contributed by atoms with E-state index in [-0.39, 0.29) is 16.8 Å². The highest BCUT2D eigenvalue weighted by Crippen LogP contribution is 2.41. The third-order valence-corrected chi connectivity index (χ3v) is 8.29. The Bertz CT molecular complexity index is 1290. The fraction of sp³-hybridized carbons (Fsp3) is 0.357. The van der Waals surface area contributed by atoms with Gasteiger partial charge in [0.1, 0.15) is 5.82 Å². The van der Waals surface area contributed by atoms with E-state index in [4.69, 9.17) is 9.47 Å². The Morgan fingerprint density at radius 2 is 1.67 bits per heavy atom. The molecule has 1 heterocycles. The van der Waals surface area contributed by atoms with Crippen molar-refractivity contribution in [2.75, 3.05) is 20.8 Å². The predicted molar refractivity (Wildman–Crippen MR) is 138 cm³/mol. The molecule has 0 spiro atoms. The van der Waals surface area contributed by atoms with Crippen molar-refractivity contribution in [3.63, 3.8) is 0 Å². The summed E-state index contributed by atoms with van der Waals surface area (Å²) in [6.45, 7) is 5.18. The predicted octanol–water partition coefficient (Wildman–Crippen LogP) is 5.01. The summed E-state index contributed by atoms with van der Waals surface area (Å²) in [5.74, 6) is 0.963. The van der Waals surface area contributed by atoms with Crippen molar-refractivity contribution < 1.29 is 22.3 Å². The molecular formula is C28H33FN2O4S. The van der Waals surface area contributed by atoms with Crippen molar-refractivity contribution in [2.45, 2.75) is 50.2 Å². The van der Waals surface area contributed by atoms with E-state index in [9.17, 15) is 12.8 Å². The van der Waals surface area contributed by atoms with Gasteiger partial charge in [0.2, 0.25) is 10.0 Å². The van der Waals surface area contributed by atoms with Crippen LogP contribution in [0.1, 0.15) is 41.6 Å². The minimum absolute atomic E-state index is 0.236. The summed E-state index contributed by atoms with van der Waals surface area (Å²) in [6, 6.07) is 16.6. The molecule has 36 heavy (non-hydrogen) atoms. The largest absolute Gasteiger partial charge is 0.493 e. The molecule has 8 heteroatoms. The number of nitrogens with one attached hydrogen (secondary N) is 1. The highest BCUT2D eigenvalue weighted by molar-refractivity contribution is 7.89. The number of fused-ring (bicyclic) bond motifs is 1. The fourth-order valence-electron chi connectivity index (χ4n) is 4.86. The molecule has 2 atom stereocenters. The first-order valence-corrected chi connectivity index (χ1v) is 13.6. The third-order valence-electron chi connectivity index (χ3n) is 6.78. The first-order valence-electron chi connectivity index (χ1n) is 12.1. The standard InChI is InChI=1S/C28H33FN2O4S/c1-5-25(30-36(32,33)23-12-6-19(2)7-13-23)28-24-17-27(35-4)26(34-3)16-21(24)14-15-31(28)18-20-8-10-22(29)11-9-20/h6-13,16-17,25,28,30H,5,14-15,18H2,1-4H3. The Hall–Kier alpha value is -2.94. The molecule has 1 aliphatic rings. The zero-order valence-corrected chi connectivity index (χ0v) is 21.9. The number of benzene rings is 3. The Labute approximate surface area is 213 Å². The van der Waals surface area contributed by atoms with E-state index in [0.717, 1.165) is 28.7 Å². The second kappa shape index (κ2) is 11.0. The lowest BCUT2D eigenvalue weighted by molar-refractivity contribution is 0.143. The lowest BCUT2D eigenvalue weighted by atomic mass is 9.86. The Morgan fingerprint density at radius 3 is 2.28 bits per heavy atom. The first-order chi connectivity index (χ1) is 17.2. The molecule has 0 amide bonds. The number of hydrogen-bond donors (Lipinski definition) is 1. The number of halogens is 1. The summed E-state index contributed by atoms with van der Waals surface area (Å²) in [5, 5.41) is 0. The summed E-state index contributed by atoms with van der Waals surface area (Å²) >= 11 is 0. The number of nitrogens with zero attached hydrogens (tertiary/aromatic N) is 1. The molecule has 0 bridgehead atoms. The number of hydrogen-bond acceptors (Lipinski definition) is 5. The van der Waals surface area contributed by atoms with E-state index in [0.29, 0.717) is 31.0 Å². The van der Waals surface area contributed by atoms with Crippen LogP contribution in [0.5, 0.6) is 11.5 Å². The summed E-state index contributed by atoms with van der Waals surface area (Å²) in [5.41, 5.74) is 4.05. The lowest BCUT2D eigenvalue weighted by Crippen LogP contribution is -2.48. The van der Waals surface area contributed by atoms with Crippen LogP contribution in [0, 0.1) is 12.7 Å². The van der Waals surface area contributed by atoms with Crippen LogP contribution in [0.2, 0.25) is 0 Å². The monoisotopic (exact) mass is 512 g/mol. The van der Waals surface area contributed by atoms with E-state index in [1.807, 2.05) is 26.0 Å². The smallest absolute Gasteiger partial charge is 0.240 e. The van der Waals surface area contributed by atoms with Crippen LogP contribution in [0.25, 0.3) is 0 Å². The first kappa shape index (κ1) is 26.1. The topological polar surface area (TPSA) is 67.9 Å². The summed E-state index contributed by atoms with van der Waals surface area (Å²) in [7, 11) is -0.553. The van der Waals surface area contributed by atoms with Crippen molar-refractivity contribution in [2.24, 2.45) is 0 Å². The summed E-state index contributed by atoms with van der Waals surface area (Å²) in [4.78, 5) is 2.49. The van der Waals surface area contributed by atoms with Crippen LogP contribution in [0.4, 0.5) is 4.39 Å². The van der Waals surface area contributed by atoms with Crippen LogP contribution >= 0.6 is 0 Å². The molecule has 0 radical (unpaired) electrons. The number of sulfonamides is 1. The molecule has 0 saturated carbocycles. The van der Waals surface area contributed by atoms with Gasteiger partial charge in [-0.15, -0.1) is 0 Å². The summed E-state index contributed by atoms with van der Waals surface area (Å²) < 4.78 is 54.4. The van der Waals surface area contributed by atoms with Crippen molar-refractivity contribution in [1.82, 2.24) is 9.62 Å². The van der Waals surface area contributed by atoms with E-state index < -0.39 is 16.1 Å². The van der Waals surface area contributed by atoms with E-state index in [2.05, 4.69) is 9.62 Å². The number of rotatable bonds is 9. The van der Waals surface area contributed by atoms with E-state index >= 15 is 0 Å². The van der Waals surface area contributed by atoms with Gasteiger partial charge in [-0.2, -0.15) is 0 Å². The van der Waals surface area contributed by atoms with Crippen LogP contribution in [-0.2, 0) is 23.0 Å². The van der Waals surface area contributed by atoms with Crippen molar-refractivity contribution in [3.05, 3.63) is 88.7 Å².